The van der Waals surface area contributed by atoms with Crippen LogP contribution in [-0.4, -0.2) is 24.5 Å². The van der Waals surface area contributed by atoms with Crippen LogP contribution in [0.1, 0.15) is 11.3 Å². The maximum atomic E-state index is 12.1. The number of pyridine rings is 1. The molecule has 5 nitrogen and oxygen atoms in total. The molecule has 0 bridgehead atoms. The van der Waals surface area contributed by atoms with Crippen LogP contribution in [0.25, 0.3) is 11.0 Å². The van der Waals surface area contributed by atoms with Gasteiger partial charge in [-0.1, -0.05) is 0 Å². The van der Waals surface area contributed by atoms with Gasteiger partial charge >= 0.3 is 0 Å². The third kappa shape index (κ3) is 3.21. The maximum Gasteiger partial charge on any atom is 0.250 e. The number of aromatic nitrogens is 2. The second kappa shape index (κ2) is 6.20. The molecule has 0 unspecified atom stereocenters. The molecule has 22 heavy (non-hydrogen) atoms. The molecule has 0 radical (unpaired) electrons. The Morgan fingerprint density at radius 3 is 2.91 bits per heavy atom. The summed E-state index contributed by atoms with van der Waals surface area (Å²) < 4.78 is 29.3. The molecule has 0 fully saturated rings. The lowest BCUT2D eigenvalue weighted by molar-refractivity contribution is 0.573. The molecule has 116 valence electrons. The number of hydrogen-bond acceptors (Lipinski definition) is 4. The molecule has 0 saturated heterocycles. The highest BCUT2D eigenvalue weighted by Gasteiger charge is 2.15. The molecule has 1 N–H and O–H groups in total. The SMILES string of the molecule is Cc1ccc(S(=O)(=O)NCCCn2ccc3cccnc32)s1. The van der Waals surface area contributed by atoms with E-state index in [4.69, 9.17) is 0 Å². The first-order valence-corrected chi connectivity index (χ1v) is 9.32. The minimum Gasteiger partial charge on any atom is -0.332 e. The molecule has 3 rings (SSSR count). The molecule has 0 amide bonds. The highest BCUT2D eigenvalue weighted by atomic mass is 32.2. The van der Waals surface area contributed by atoms with Crippen LogP contribution in [0.15, 0.2) is 46.9 Å². The van der Waals surface area contributed by atoms with Crippen LogP contribution in [0, 0.1) is 6.92 Å². The van der Waals surface area contributed by atoms with Gasteiger partial charge in [0.2, 0.25) is 10.0 Å². The van der Waals surface area contributed by atoms with Crippen molar-refractivity contribution in [1.82, 2.24) is 14.3 Å². The van der Waals surface area contributed by atoms with Crippen molar-refractivity contribution in [1.29, 1.82) is 0 Å². The predicted octanol–water partition coefficient (Wildman–Crippen LogP) is 2.77. The van der Waals surface area contributed by atoms with Gasteiger partial charge < -0.3 is 4.57 Å². The zero-order chi connectivity index (χ0) is 15.6. The van der Waals surface area contributed by atoms with Crippen molar-refractivity contribution >= 4 is 32.4 Å². The Morgan fingerprint density at radius 1 is 1.27 bits per heavy atom. The summed E-state index contributed by atoms with van der Waals surface area (Å²) in [5, 5.41) is 1.09. The summed E-state index contributed by atoms with van der Waals surface area (Å²) in [5.41, 5.74) is 0.930. The molecule has 0 atom stereocenters. The summed E-state index contributed by atoms with van der Waals surface area (Å²) in [6.07, 6.45) is 4.46. The molecule has 3 heterocycles. The fourth-order valence-electron chi connectivity index (χ4n) is 2.28. The van der Waals surface area contributed by atoms with Gasteiger partial charge in [0, 0.05) is 35.7 Å². The van der Waals surface area contributed by atoms with Crippen molar-refractivity contribution in [3.05, 3.63) is 47.6 Å². The number of aryl methyl sites for hydroxylation is 2. The highest BCUT2D eigenvalue weighted by molar-refractivity contribution is 7.91. The number of rotatable bonds is 6. The van der Waals surface area contributed by atoms with Gasteiger partial charge in [0.25, 0.3) is 0 Å². The van der Waals surface area contributed by atoms with Crippen molar-refractivity contribution in [2.75, 3.05) is 6.54 Å². The van der Waals surface area contributed by atoms with E-state index in [0.29, 0.717) is 17.2 Å². The third-order valence-corrected chi connectivity index (χ3v) is 6.32. The molecule has 7 heteroatoms. The Kier molecular flexibility index (Phi) is 4.28. The summed E-state index contributed by atoms with van der Waals surface area (Å²) >= 11 is 1.29. The van der Waals surface area contributed by atoms with Crippen LogP contribution < -0.4 is 4.72 Å². The molecule has 0 saturated carbocycles. The van der Waals surface area contributed by atoms with E-state index in [1.807, 2.05) is 42.0 Å². The van der Waals surface area contributed by atoms with E-state index in [1.54, 1.807) is 12.3 Å². The second-order valence-electron chi connectivity index (χ2n) is 5.04. The fourth-order valence-corrected chi connectivity index (χ4v) is 4.69. The average molecular weight is 335 g/mol. The van der Waals surface area contributed by atoms with Gasteiger partial charge in [-0.3, -0.25) is 0 Å². The van der Waals surface area contributed by atoms with Crippen molar-refractivity contribution in [3.63, 3.8) is 0 Å². The van der Waals surface area contributed by atoms with E-state index >= 15 is 0 Å². The van der Waals surface area contributed by atoms with Crippen LogP contribution >= 0.6 is 11.3 Å². The van der Waals surface area contributed by atoms with E-state index in [-0.39, 0.29) is 0 Å². The van der Waals surface area contributed by atoms with Gasteiger partial charge in [0.05, 0.1) is 0 Å². The summed E-state index contributed by atoms with van der Waals surface area (Å²) in [4.78, 5) is 5.34. The molecule has 0 aliphatic carbocycles. The molecule has 3 aromatic heterocycles. The smallest absolute Gasteiger partial charge is 0.250 e. The predicted molar refractivity (Wildman–Crippen MR) is 88.6 cm³/mol. The van der Waals surface area contributed by atoms with Gasteiger partial charge in [-0.25, -0.2) is 18.1 Å². The van der Waals surface area contributed by atoms with Gasteiger partial charge in [0.15, 0.2) is 0 Å². The Bertz CT molecular complexity index is 881. The number of hydrogen-bond donors (Lipinski definition) is 1. The van der Waals surface area contributed by atoms with Crippen molar-refractivity contribution in [3.8, 4) is 0 Å². The van der Waals surface area contributed by atoms with E-state index in [0.717, 1.165) is 22.5 Å². The largest absolute Gasteiger partial charge is 0.332 e. The van der Waals surface area contributed by atoms with Crippen LogP contribution in [0.5, 0.6) is 0 Å². The molecule has 0 aliphatic rings. The number of thiophene rings is 1. The standard InChI is InChI=1S/C15H17N3O2S2/c1-12-5-6-14(21-12)22(19,20)17-9-3-10-18-11-7-13-4-2-8-16-15(13)18/h2,4-8,11,17H,3,9-10H2,1H3. The van der Waals surface area contributed by atoms with Crippen LogP contribution in [0.3, 0.4) is 0 Å². The summed E-state index contributed by atoms with van der Waals surface area (Å²) in [6, 6.07) is 9.40. The molecule has 0 aromatic carbocycles. The number of nitrogens with zero attached hydrogens (tertiary/aromatic N) is 2. The molecule has 0 aliphatic heterocycles. The lowest BCUT2D eigenvalue weighted by Gasteiger charge is -2.06. The third-order valence-electron chi connectivity index (χ3n) is 3.37. The van der Waals surface area contributed by atoms with E-state index in [9.17, 15) is 8.42 Å². The Morgan fingerprint density at radius 2 is 2.14 bits per heavy atom. The Labute approximate surface area is 133 Å². The van der Waals surface area contributed by atoms with Crippen molar-refractivity contribution in [2.24, 2.45) is 0 Å². The van der Waals surface area contributed by atoms with E-state index < -0.39 is 10.0 Å². The lowest BCUT2D eigenvalue weighted by atomic mass is 10.3. The van der Waals surface area contributed by atoms with Gasteiger partial charge in [0.1, 0.15) is 9.86 Å². The molecular weight excluding hydrogens is 318 g/mol. The number of sulfonamides is 1. The number of nitrogens with one attached hydrogen (secondary N) is 1. The number of fused-ring (bicyclic) bond motifs is 1. The normalized spacial score (nSPS) is 12.0. The van der Waals surface area contributed by atoms with Crippen LogP contribution in [0.4, 0.5) is 0 Å². The zero-order valence-electron chi connectivity index (χ0n) is 12.2. The average Bonchev–Trinajstić information content (AvgIpc) is 3.11. The fraction of sp³-hybridized carbons (Fsp3) is 0.267. The molecule has 3 aromatic rings. The minimum absolute atomic E-state index is 0.373. The topological polar surface area (TPSA) is 64.0 Å². The maximum absolute atomic E-state index is 12.1. The summed E-state index contributed by atoms with van der Waals surface area (Å²) in [7, 11) is -3.38. The first-order chi connectivity index (χ1) is 10.6. The lowest BCUT2D eigenvalue weighted by Crippen LogP contribution is -2.24. The zero-order valence-corrected chi connectivity index (χ0v) is 13.8. The van der Waals surface area contributed by atoms with Gasteiger partial charge in [-0.15, -0.1) is 11.3 Å². The second-order valence-corrected chi connectivity index (χ2v) is 8.32. The van der Waals surface area contributed by atoms with Gasteiger partial charge in [-0.05, 0) is 43.7 Å². The Hall–Kier alpha value is -1.70. The van der Waals surface area contributed by atoms with E-state index in [2.05, 4.69) is 9.71 Å². The van der Waals surface area contributed by atoms with Crippen LogP contribution in [0.2, 0.25) is 0 Å². The monoisotopic (exact) mass is 335 g/mol. The quantitative estimate of drug-likeness (QED) is 0.705. The first-order valence-electron chi connectivity index (χ1n) is 7.02. The molecular formula is C15H17N3O2S2. The Balaban J connectivity index is 1.58. The van der Waals surface area contributed by atoms with Gasteiger partial charge in [-0.2, -0.15) is 0 Å². The summed E-state index contributed by atoms with van der Waals surface area (Å²) in [5.74, 6) is 0. The first kappa shape index (κ1) is 15.2. The summed E-state index contributed by atoms with van der Waals surface area (Å²) in [6.45, 7) is 3.03. The van der Waals surface area contributed by atoms with Crippen LogP contribution in [-0.2, 0) is 16.6 Å². The van der Waals surface area contributed by atoms with Crippen molar-refractivity contribution in [2.45, 2.75) is 24.1 Å². The van der Waals surface area contributed by atoms with Crippen molar-refractivity contribution < 1.29 is 8.42 Å². The minimum atomic E-state index is -3.38. The molecule has 0 spiro atoms. The highest BCUT2D eigenvalue weighted by Crippen LogP contribution is 2.20. The van der Waals surface area contributed by atoms with E-state index in [1.165, 1.54) is 11.3 Å².